The van der Waals surface area contributed by atoms with Crippen molar-refractivity contribution in [1.29, 1.82) is 0 Å². The first-order valence-corrected chi connectivity index (χ1v) is 7.99. The minimum absolute atomic E-state index is 0.0130. The molecular weight excluding hydrogens is 296 g/mol. The number of rotatable bonds is 6. The van der Waals surface area contributed by atoms with Gasteiger partial charge >= 0.3 is 0 Å². The molecule has 23 heavy (non-hydrogen) atoms. The molecule has 1 N–H and O–H groups in total. The molecule has 1 saturated heterocycles. The third-order valence-corrected chi connectivity index (χ3v) is 3.81. The Morgan fingerprint density at radius 3 is 2.22 bits per heavy atom. The largest absolute Gasteiger partial charge is 0.494 e. The fraction of sp³-hybridized carbons (Fsp3) is 0.529. The predicted molar refractivity (Wildman–Crippen MR) is 86.5 cm³/mol. The molecule has 2 rings (SSSR count). The number of nitrogens with zero attached hydrogens (tertiary/aromatic N) is 1. The van der Waals surface area contributed by atoms with Gasteiger partial charge < -0.3 is 19.7 Å². The Kier molecular flexibility index (Phi) is 6.26. The lowest BCUT2D eigenvalue weighted by atomic mass is 10.1. The molecule has 0 saturated carbocycles. The molecule has 1 aromatic carbocycles. The third-order valence-electron chi connectivity index (χ3n) is 3.81. The Morgan fingerprint density at radius 1 is 1.13 bits per heavy atom. The molecule has 0 atom stereocenters. The average Bonchev–Trinajstić information content (AvgIpc) is 2.55. The van der Waals surface area contributed by atoms with Gasteiger partial charge in [-0.25, -0.2) is 0 Å². The van der Waals surface area contributed by atoms with Crippen LogP contribution in [0.25, 0.3) is 0 Å². The van der Waals surface area contributed by atoms with Crippen LogP contribution in [0.4, 0.5) is 0 Å². The highest BCUT2D eigenvalue weighted by Gasteiger charge is 2.21. The Morgan fingerprint density at radius 2 is 1.70 bits per heavy atom. The highest BCUT2D eigenvalue weighted by molar-refractivity contribution is 5.78. The van der Waals surface area contributed by atoms with E-state index in [-0.39, 0.29) is 24.5 Å². The summed E-state index contributed by atoms with van der Waals surface area (Å²) in [5.41, 5.74) is 0. The molecule has 0 radical (unpaired) electrons. The monoisotopic (exact) mass is 320 g/mol. The van der Waals surface area contributed by atoms with Crippen molar-refractivity contribution in [3.05, 3.63) is 24.3 Å². The SMILES string of the molecule is CCOc1ccc(OCC(=O)NC2CCN(C(C)=O)CC2)cc1. The highest BCUT2D eigenvalue weighted by Crippen LogP contribution is 2.17. The standard InChI is InChI=1S/C17H24N2O4/c1-3-22-15-4-6-16(7-5-15)23-12-17(21)18-14-8-10-19(11-9-14)13(2)20/h4-7,14H,3,8-12H2,1-2H3,(H,18,21). The number of hydrogen-bond donors (Lipinski definition) is 1. The highest BCUT2D eigenvalue weighted by atomic mass is 16.5. The van der Waals surface area contributed by atoms with Crippen molar-refractivity contribution in [2.75, 3.05) is 26.3 Å². The maximum atomic E-state index is 11.9. The topological polar surface area (TPSA) is 67.9 Å². The molecule has 0 aliphatic carbocycles. The molecular formula is C17H24N2O4. The van der Waals surface area contributed by atoms with Crippen molar-refractivity contribution < 1.29 is 19.1 Å². The van der Waals surface area contributed by atoms with Crippen molar-refractivity contribution in [2.24, 2.45) is 0 Å². The van der Waals surface area contributed by atoms with Crippen molar-refractivity contribution in [1.82, 2.24) is 10.2 Å². The maximum absolute atomic E-state index is 11.9. The van der Waals surface area contributed by atoms with E-state index < -0.39 is 0 Å². The van der Waals surface area contributed by atoms with E-state index in [9.17, 15) is 9.59 Å². The van der Waals surface area contributed by atoms with Crippen LogP contribution >= 0.6 is 0 Å². The molecule has 2 amide bonds. The van der Waals surface area contributed by atoms with E-state index in [1.54, 1.807) is 24.0 Å². The first kappa shape index (κ1) is 17.1. The van der Waals surface area contributed by atoms with Gasteiger partial charge in [-0.15, -0.1) is 0 Å². The summed E-state index contributed by atoms with van der Waals surface area (Å²) in [5, 5.41) is 2.95. The van der Waals surface area contributed by atoms with Crippen LogP contribution in [-0.4, -0.2) is 49.1 Å². The van der Waals surface area contributed by atoms with E-state index in [0.717, 1.165) is 18.6 Å². The molecule has 1 heterocycles. The lowest BCUT2D eigenvalue weighted by molar-refractivity contribution is -0.130. The smallest absolute Gasteiger partial charge is 0.258 e. The Balaban J connectivity index is 1.70. The summed E-state index contributed by atoms with van der Waals surface area (Å²) >= 11 is 0. The zero-order valence-electron chi connectivity index (χ0n) is 13.7. The molecule has 1 fully saturated rings. The first-order chi connectivity index (χ1) is 11.1. The van der Waals surface area contributed by atoms with Gasteiger partial charge in [-0.1, -0.05) is 0 Å². The van der Waals surface area contributed by atoms with Crippen LogP contribution in [-0.2, 0) is 9.59 Å². The number of likely N-dealkylation sites (tertiary alicyclic amines) is 1. The Hall–Kier alpha value is -2.24. The molecule has 1 aromatic rings. The molecule has 6 nitrogen and oxygen atoms in total. The number of carbonyl (C=O) groups is 2. The second kappa shape index (κ2) is 8.41. The first-order valence-electron chi connectivity index (χ1n) is 7.99. The lowest BCUT2D eigenvalue weighted by Gasteiger charge is -2.31. The second-order valence-corrected chi connectivity index (χ2v) is 5.54. The molecule has 0 bridgehead atoms. The average molecular weight is 320 g/mol. The Labute approximate surface area is 136 Å². The minimum Gasteiger partial charge on any atom is -0.494 e. The van der Waals surface area contributed by atoms with Gasteiger partial charge in [0, 0.05) is 26.1 Å². The summed E-state index contributed by atoms with van der Waals surface area (Å²) in [6.45, 7) is 5.49. The predicted octanol–water partition coefficient (Wildman–Crippen LogP) is 1.59. The van der Waals surface area contributed by atoms with Gasteiger partial charge in [-0.3, -0.25) is 9.59 Å². The van der Waals surface area contributed by atoms with Crippen LogP contribution in [0.1, 0.15) is 26.7 Å². The number of amides is 2. The zero-order chi connectivity index (χ0) is 16.7. The van der Waals surface area contributed by atoms with Crippen molar-refractivity contribution >= 4 is 11.8 Å². The summed E-state index contributed by atoms with van der Waals surface area (Å²) in [6, 6.07) is 7.30. The van der Waals surface area contributed by atoms with Crippen LogP contribution in [0.3, 0.4) is 0 Å². The summed E-state index contributed by atoms with van der Waals surface area (Å²) in [7, 11) is 0. The molecule has 1 aliphatic heterocycles. The quantitative estimate of drug-likeness (QED) is 0.864. The zero-order valence-corrected chi connectivity index (χ0v) is 13.7. The number of ether oxygens (including phenoxy) is 2. The van der Waals surface area contributed by atoms with Crippen LogP contribution < -0.4 is 14.8 Å². The van der Waals surface area contributed by atoms with Crippen molar-refractivity contribution in [2.45, 2.75) is 32.7 Å². The summed E-state index contributed by atoms with van der Waals surface area (Å²) in [6.07, 6.45) is 1.57. The van der Waals surface area contributed by atoms with Crippen molar-refractivity contribution in [3.63, 3.8) is 0 Å². The lowest BCUT2D eigenvalue weighted by Crippen LogP contribution is -2.47. The van der Waals surface area contributed by atoms with E-state index in [0.29, 0.717) is 25.4 Å². The minimum atomic E-state index is -0.139. The van der Waals surface area contributed by atoms with E-state index in [1.165, 1.54) is 0 Å². The maximum Gasteiger partial charge on any atom is 0.258 e. The van der Waals surface area contributed by atoms with Crippen LogP contribution in [0.15, 0.2) is 24.3 Å². The third kappa shape index (κ3) is 5.47. The molecule has 0 aromatic heterocycles. The fourth-order valence-electron chi connectivity index (χ4n) is 2.56. The van der Waals surface area contributed by atoms with E-state index in [4.69, 9.17) is 9.47 Å². The van der Waals surface area contributed by atoms with Crippen molar-refractivity contribution in [3.8, 4) is 11.5 Å². The second-order valence-electron chi connectivity index (χ2n) is 5.54. The molecule has 1 aliphatic rings. The van der Waals surface area contributed by atoms with E-state index in [1.807, 2.05) is 19.1 Å². The molecule has 0 spiro atoms. The summed E-state index contributed by atoms with van der Waals surface area (Å²) in [5.74, 6) is 1.37. The molecule has 0 unspecified atom stereocenters. The fourth-order valence-corrected chi connectivity index (χ4v) is 2.56. The number of hydrogen-bond acceptors (Lipinski definition) is 4. The van der Waals surface area contributed by atoms with E-state index in [2.05, 4.69) is 5.32 Å². The molecule has 126 valence electrons. The van der Waals surface area contributed by atoms with Gasteiger partial charge in [-0.2, -0.15) is 0 Å². The van der Waals surface area contributed by atoms with Crippen LogP contribution in [0.5, 0.6) is 11.5 Å². The number of carbonyl (C=O) groups excluding carboxylic acids is 2. The van der Waals surface area contributed by atoms with Gasteiger partial charge in [0.25, 0.3) is 5.91 Å². The van der Waals surface area contributed by atoms with Gasteiger partial charge in [0.05, 0.1) is 6.61 Å². The number of piperidine rings is 1. The number of nitrogens with one attached hydrogen (secondary N) is 1. The normalized spacial score (nSPS) is 15.1. The van der Waals surface area contributed by atoms with Crippen LogP contribution in [0.2, 0.25) is 0 Å². The van der Waals surface area contributed by atoms with Gasteiger partial charge in [-0.05, 0) is 44.0 Å². The van der Waals surface area contributed by atoms with Crippen LogP contribution in [0, 0.1) is 0 Å². The Bertz CT molecular complexity index is 522. The summed E-state index contributed by atoms with van der Waals surface area (Å²) in [4.78, 5) is 25.0. The van der Waals surface area contributed by atoms with Gasteiger partial charge in [0.15, 0.2) is 6.61 Å². The van der Waals surface area contributed by atoms with Gasteiger partial charge in [0.2, 0.25) is 5.91 Å². The molecule has 6 heteroatoms. The van der Waals surface area contributed by atoms with Gasteiger partial charge in [0.1, 0.15) is 11.5 Å². The number of benzene rings is 1. The van der Waals surface area contributed by atoms with E-state index >= 15 is 0 Å². The summed E-state index contributed by atoms with van der Waals surface area (Å²) < 4.78 is 10.8.